The zero-order chi connectivity index (χ0) is 11.8. The van der Waals surface area contributed by atoms with Gasteiger partial charge in [0.2, 0.25) is 0 Å². The Balaban J connectivity index is 2.46. The van der Waals surface area contributed by atoms with Gasteiger partial charge in [-0.05, 0) is 18.6 Å². The summed E-state index contributed by atoms with van der Waals surface area (Å²) < 4.78 is 37.4. The van der Waals surface area contributed by atoms with Gasteiger partial charge in [0.15, 0.2) is 5.65 Å². The molecule has 2 heterocycles. The third kappa shape index (κ3) is 2.12. The molecule has 4 nitrogen and oxygen atoms in total. The van der Waals surface area contributed by atoms with Gasteiger partial charge in [0, 0.05) is 5.69 Å². The van der Waals surface area contributed by atoms with Gasteiger partial charge in [0.25, 0.3) is 0 Å². The molecule has 0 radical (unpaired) electrons. The van der Waals surface area contributed by atoms with Crippen LogP contribution in [0.15, 0.2) is 12.1 Å². The first-order valence-corrected chi connectivity index (χ1v) is 4.75. The fourth-order valence-electron chi connectivity index (χ4n) is 1.37. The third-order valence-corrected chi connectivity index (χ3v) is 2.11. The first-order valence-electron chi connectivity index (χ1n) is 4.75. The summed E-state index contributed by atoms with van der Waals surface area (Å²) in [5, 5.41) is 7.07. The quantitative estimate of drug-likeness (QED) is 0.792. The molecule has 2 aromatic heterocycles. The molecule has 0 spiro atoms. The maximum absolute atomic E-state index is 12.2. The smallest absolute Gasteiger partial charge is 0.232 e. The Labute approximate surface area is 89.1 Å². The van der Waals surface area contributed by atoms with Crippen molar-refractivity contribution in [1.82, 2.24) is 20.0 Å². The molecule has 0 fully saturated rings. The molecule has 0 saturated carbocycles. The molecule has 7 heteroatoms. The summed E-state index contributed by atoms with van der Waals surface area (Å²) in [6, 6.07) is 3.36. The van der Waals surface area contributed by atoms with Crippen LogP contribution in [-0.2, 0) is 13.0 Å². The van der Waals surface area contributed by atoms with Crippen molar-refractivity contribution in [2.45, 2.75) is 26.1 Å². The normalized spacial score (nSPS) is 12.2. The van der Waals surface area contributed by atoms with Gasteiger partial charge < -0.3 is 0 Å². The number of aryl methyl sites for hydroxylation is 1. The monoisotopic (exact) mass is 230 g/mol. The van der Waals surface area contributed by atoms with Gasteiger partial charge in [-0.25, -0.2) is 9.67 Å². The van der Waals surface area contributed by atoms with Crippen LogP contribution in [0, 0.1) is 0 Å². The molecule has 0 unspecified atom stereocenters. The van der Waals surface area contributed by atoms with Crippen LogP contribution in [0.2, 0.25) is 0 Å². The highest BCUT2D eigenvalue weighted by molar-refractivity contribution is 5.69. The molecule has 0 aliphatic heterocycles. The molecular weight excluding hydrogens is 221 g/mol. The predicted octanol–water partition coefficient (Wildman–Crippen LogP) is 1.95. The Bertz CT molecular complexity index is 503. The maximum Gasteiger partial charge on any atom is 0.408 e. The lowest BCUT2D eigenvalue weighted by molar-refractivity contribution is -0.142. The van der Waals surface area contributed by atoms with Crippen molar-refractivity contribution in [1.29, 1.82) is 0 Å². The van der Waals surface area contributed by atoms with Crippen molar-refractivity contribution in [3.05, 3.63) is 17.8 Å². The molecule has 0 bridgehead atoms. The largest absolute Gasteiger partial charge is 0.408 e. The van der Waals surface area contributed by atoms with Gasteiger partial charge in [-0.1, -0.05) is 12.1 Å². The number of pyridine rings is 1. The maximum atomic E-state index is 12.2. The standard InChI is InChI=1S/C9H9F3N4/c1-2-6-3-4-7-8(13-6)16(15-14-7)5-9(10,11)12/h3-4H,2,5H2,1H3. The highest BCUT2D eigenvalue weighted by Gasteiger charge is 2.29. The Hall–Kier alpha value is -1.66. The SMILES string of the molecule is CCc1ccc2nnn(CC(F)(F)F)c2n1. The molecule has 0 aliphatic carbocycles. The van der Waals surface area contributed by atoms with E-state index >= 15 is 0 Å². The highest BCUT2D eigenvalue weighted by Crippen LogP contribution is 2.19. The highest BCUT2D eigenvalue weighted by atomic mass is 19.4. The van der Waals surface area contributed by atoms with E-state index in [0.29, 0.717) is 11.9 Å². The number of halogens is 3. The minimum atomic E-state index is -4.31. The average Bonchev–Trinajstić information content (AvgIpc) is 2.58. The summed E-state index contributed by atoms with van der Waals surface area (Å²) in [4.78, 5) is 4.08. The second kappa shape index (κ2) is 3.73. The number of alkyl halides is 3. The number of rotatable bonds is 2. The van der Waals surface area contributed by atoms with E-state index in [9.17, 15) is 13.2 Å². The molecule has 0 aromatic carbocycles. The van der Waals surface area contributed by atoms with E-state index in [1.165, 1.54) is 0 Å². The molecule has 2 rings (SSSR count). The molecular formula is C9H9F3N4. The van der Waals surface area contributed by atoms with E-state index in [-0.39, 0.29) is 5.65 Å². The van der Waals surface area contributed by atoms with E-state index in [1.54, 1.807) is 12.1 Å². The van der Waals surface area contributed by atoms with Crippen LogP contribution in [0.5, 0.6) is 0 Å². The average molecular weight is 230 g/mol. The summed E-state index contributed by atoms with van der Waals surface area (Å²) in [6.45, 7) is 0.718. The van der Waals surface area contributed by atoms with Crippen molar-refractivity contribution in [3.63, 3.8) is 0 Å². The summed E-state index contributed by atoms with van der Waals surface area (Å²) in [7, 11) is 0. The zero-order valence-electron chi connectivity index (χ0n) is 8.49. The number of hydrogen-bond donors (Lipinski definition) is 0. The zero-order valence-corrected chi connectivity index (χ0v) is 8.49. The van der Waals surface area contributed by atoms with E-state index in [2.05, 4.69) is 15.3 Å². The fraction of sp³-hybridized carbons (Fsp3) is 0.444. The Kier molecular flexibility index (Phi) is 2.53. The van der Waals surface area contributed by atoms with E-state index in [4.69, 9.17) is 0 Å². The van der Waals surface area contributed by atoms with Crippen molar-refractivity contribution in [3.8, 4) is 0 Å². The van der Waals surface area contributed by atoms with E-state index in [0.717, 1.165) is 10.4 Å². The van der Waals surface area contributed by atoms with Crippen molar-refractivity contribution in [2.24, 2.45) is 0 Å². The third-order valence-electron chi connectivity index (χ3n) is 2.11. The molecule has 2 aromatic rings. The summed E-state index contributed by atoms with van der Waals surface area (Å²) in [5.74, 6) is 0. The van der Waals surface area contributed by atoms with Crippen molar-refractivity contribution < 1.29 is 13.2 Å². The van der Waals surface area contributed by atoms with Gasteiger partial charge in [-0.15, -0.1) is 5.10 Å². The Morgan fingerprint density at radius 2 is 2.06 bits per heavy atom. The summed E-state index contributed by atoms with van der Waals surface area (Å²) >= 11 is 0. The van der Waals surface area contributed by atoms with Crippen LogP contribution in [0.1, 0.15) is 12.6 Å². The number of nitrogens with zero attached hydrogens (tertiary/aromatic N) is 4. The van der Waals surface area contributed by atoms with E-state index < -0.39 is 12.7 Å². The van der Waals surface area contributed by atoms with Crippen molar-refractivity contribution in [2.75, 3.05) is 0 Å². The molecule has 86 valence electrons. The molecule has 16 heavy (non-hydrogen) atoms. The topological polar surface area (TPSA) is 43.6 Å². The van der Waals surface area contributed by atoms with Crippen LogP contribution in [0.4, 0.5) is 13.2 Å². The van der Waals surface area contributed by atoms with Crippen molar-refractivity contribution >= 4 is 11.2 Å². The summed E-state index contributed by atoms with van der Waals surface area (Å²) in [5.41, 5.74) is 1.27. The second-order valence-electron chi connectivity index (χ2n) is 3.36. The predicted molar refractivity (Wildman–Crippen MR) is 50.8 cm³/mol. The first-order chi connectivity index (χ1) is 7.49. The van der Waals surface area contributed by atoms with E-state index in [1.807, 2.05) is 6.92 Å². The lowest BCUT2D eigenvalue weighted by Gasteiger charge is -2.05. The van der Waals surface area contributed by atoms with Gasteiger partial charge in [-0.3, -0.25) is 0 Å². The number of fused-ring (bicyclic) bond motifs is 1. The lowest BCUT2D eigenvalue weighted by Crippen LogP contribution is -2.19. The Morgan fingerprint density at radius 1 is 1.31 bits per heavy atom. The second-order valence-corrected chi connectivity index (χ2v) is 3.36. The number of hydrogen-bond acceptors (Lipinski definition) is 3. The van der Waals surface area contributed by atoms with Gasteiger partial charge in [-0.2, -0.15) is 13.2 Å². The van der Waals surface area contributed by atoms with Gasteiger partial charge in [0.1, 0.15) is 12.1 Å². The Morgan fingerprint density at radius 3 is 2.69 bits per heavy atom. The van der Waals surface area contributed by atoms with Gasteiger partial charge >= 0.3 is 6.18 Å². The van der Waals surface area contributed by atoms with Crippen LogP contribution in [0.25, 0.3) is 11.2 Å². The molecule has 0 atom stereocenters. The molecule has 0 aliphatic rings. The van der Waals surface area contributed by atoms with Crippen LogP contribution >= 0.6 is 0 Å². The van der Waals surface area contributed by atoms with Crippen LogP contribution in [-0.4, -0.2) is 26.2 Å². The first kappa shape index (κ1) is 10.8. The minimum Gasteiger partial charge on any atom is -0.232 e. The molecule has 0 amide bonds. The van der Waals surface area contributed by atoms with Crippen LogP contribution < -0.4 is 0 Å². The minimum absolute atomic E-state index is 0.177. The lowest BCUT2D eigenvalue weighted by atomic mass is 10.3. The van der Waals surface area contributed by atoms with Gasteiger partial charge in [0.05, 0.1) is 0 Å². The fourth-order valence-corrected chi connectivity index (χ4v) is 1.37. The summed E-state index contributed by atoms with van der Waals surface area (Å²) in [6.07, 6.45) is -3.66. The molecule has 0 N–H and O–H groups in total. The van der Waals surface area contributed by atoms with Crippen LogP contribution in [0.3, 0.4) is 0 Å². The number of aromatic nitrogens is 4. The molecule has 0 saturated heterocycles.